The maximum Gasteiger partial charge on any atom is 0.225 e. The third-order valence-electron chi connectivity index (χ3n) is 6.27. The van der Waals surface area contributed by atoms with Crippen molar-refractivity contribution >= 4 is 5.91 Å². The summed E-state index contributed by atoms with van der Waals surface area (Å²) in [7, 11) is 0. The number of amides is 1. The zero-order valence-electron chi connectivity index (χ0n) is 12.4. The van der Waals surface area contributed by atoms with E-state index in [1.54, 1.807) is 0 Å². The van der Waals surface area contributed by atoms with Crippen LogP contribution in [-0.4, -0.2) is 41.5 Å². The number of rotatable bonds is 3. The van der Waals surface area contributed by atoms with Crippen molar-refractivity contribution in [3.8, 4) is 0 Å². The van der Waals surface area contributed by atoms with Crippen LogP contribution < -0.4 is 11.1 Å². The summed E-state index contributed by atoms with van der Waals surface area (Å²) in [6, 6.07) is 1.90. The molecule has 0 spiro atoms. The fraction of sp³-hybridized carbons (Fsp3) is 0.938. The van der Waals surface area contributed by atoms with Gasteiger partial charge in [-0.15, -0.1) is 0 Å². The first-order valence-corrected chi connectivity index (χ1v) is 8.45. The van der Waals surface area contributed by atoms with Gasteiger partial charge in [0.05, 0.1) is 5.92 Å². The van der Waals surface area contributed by atoms with Gasteiger partial charge in [-0.1, -0.05) is 0 Å². The van der Waals surface area contributed by atoms with Gasteiger partial charge < -0.3 is 11.1 Å². The quantitative estimate of drug-likeness (QED) is 0.812. The zero-order chi connectivity index (χ0) is 13.9. The van der Waals surface area contributed by atoms with Crippen LogP contribution in [0.5, 0.6) is 0 Å². The van der Waals surface area contributed by atoms with Gasteiger partial charge in [0.1, 0.15) is 0 Å². The molecule has 4 rings (SSSR count). The van der Waals surface area contributed by atoms with Crippen LogP contribution >= 0.6 is 0 Å². The zero-order valence-corrected chi connectivity index (χ0v) is 12.4. The van der Waals surface area contributed by atoms with Crippen molar-refractivity contribution in [3.05, 3.63) is 0 Å². The molecule has 6 atom stereocenters. The molecule has 1 aliphatic heterocycles. The fourth-order valence-electron chi connectivity index (χ4n) is 5.10. The van der Waals surface area contributed by atoms with Crippen molar-refractivity contribution in [2.75, 3.05) is 6.54 Å². The lowest BCUT2D eigenvalue weighted by molar-refractivity contribution is -0.127. The number of fused-ring (bicyclic) bond motifs is 2. The van der Waals surface area contributed by atoms with Gasteiger partial charge in [0.25, 0.3) is 0 Å². The van der Waals surface area contributed by atoms with E-state index in [1.807, 2.05) is 0 Å². The van der Waals surface area contributed by atoms with E-state index < -0.39 is 0 Å². The lowest BCUT2D eigenvalue weighted by Gasteiger charge is -2.28. The second-order valence-corrected chi connectivity index (χ2v) is 7.65. The van der Waals surface area contributed by atoms with E-state index in [4.69, 9.17) is 5.73 Å². The average Bonchev–Trinajstić information content (AvgIpc) is 2.90. The minimum Gasteiger partial charge on any atom is -0.352 e. The number of hydrogen-bond acceptors (Lipinski definition) is 3. The van der Waals surface area contributed by atoms with Crippen LogP contribution in [0.15, 0.2) is 0 Å². The van der Waals surface area contributed by atoms with Crippen molar-refractivity contribution in [1.29, 1.82) is 0 Å². The first kappa shape index (κ1) is 13.1. The minimum atomic E-state index is 0.0963. The van der Waals surface area contributed by atoms with Gasteiger partial charge in [-0.3, -0.25) is 9.69 Å². The number of hydrogen-bond donors (Lipinski definition) is 2. The Kier molecular flexibility index (Phi) is 3.08. The van der Waals surface area contributed by atoms with Crippen molar-refractivity contribution < 1.29 is 4.79 Å². The summed E-state index contributed by atoms with van der Waals surface area (Å²) in [6.45, 7) is 3.35. The predicted octanol–water partition coefficient (Wildman–Crippen LogP) is 1.10. The molecule has 112 valence electrons. The normalized spacial score (nSPS) is 47.9. The summed E-state index contributed by atoms with van der Waals surface area (Å²) in [5.41, 5.74) is 6.28. The molecule has 1 amide bonds. The molecule has 0 aromatic carbocycles. The third kappa shape index (κ3) is 2.08. The Hall–Kier alpha value is -0.610. The number of carbonyl (C=O) groups excluding carboxylic acids is 1. The van der Waals surface area contributed by atoms with E-state index in [0.717, 1.165) is 19.0 Å². The molecular formula is C16H27N3O. The molecule has 4 fully saturated rings. The molecule has 4 nitrogen and oxygen atoms in total. The molecule has 3 N–H and O–H groups in total. The average molecular weight is 277 g/mol. The molecule has 4 heteroatoms. The Morgan fingerprint density at radius 3 is 2.55 bits per heavy atom. The molecule has 0 aromatic heterocycles. The highest BCUT2D eigenvalue weighted by molar-refractivity contribution is 5.80. The standard InChI is InChI=1S/C16H27N3O/c1-9-6-12(8-19(9)13-4-5-13)18-16(20)14-10-2-3-11(7-10)15(14)17/h9-15H,2-8,17H2,1H3,(H,18,20). The van der Waals surface area contributed by atoms with Gasteiger partial charge in [-0.05, 0) is 57.3 Å². The highest BCUT2D eigenvalue weighted by Gasteiger charge is 2.49. The minimum absolute atomic E-state index is 0.0963. The van der Waals surface area contributed by atoms with Crippen LogP contribution in [0.3, 0.4) is 0 Å². The smallest absolute Gasteiger partial charge is 0.225 e. The molecule has 6 unspecified atom stereocenters. The molecule has 0 radical (unpaired) electrons. The predicted molar refractivity (Wildman–Crippen MR) is 78.0 cm³/mol. The highest BCUT2D eigenvalue weighted by Crippen LogP contribution is 2.47. The molecular weight excluding hydrogens is 250 g/mol. The van der Waals surface area contributed by atoms with Crippen LogP contribution in [-0.2, 0) is 4.79 Å². The van der Waals surface area contributed by atoms with E-state index in [1.165, 1.54) is 32.1 Å². The summed E-state index contributed by atoms with van der Waals surface area (Å²) < 4.78 is 0. The monoisotopic (exact) mass is 277 g/mol. The molecule has 1 saturated heterocycles. The van der Waals surface area contributed by atoms with Gasteiger partial charge in [-0.2, -0.15) is 0 Å². The molecule has 1 heterocycles. The largest absolute Gasteiger partial charge is 0.352 e. The lowest BCUT2D eigenvalue weighted by Crippen LogP contribution is -2.48. The van der Waals surface area contributed by atoms with Crippen molar-refractivity contribution in [1.82, 2.24) is 10.2 Å². The van der Waals surface area contributed by atoms with Crippen molar-refractivity contribution in [2.24, 2.45) is 23.5 Å². The van der Waals surface area contributed by atoms with Crippen molar-refractivity contribution in [2.45, 2.75) is 69.6 Å². The van der Waals surface area contributed by atoms with E-state index in [2.05, 4.69) is 17.1 Å². The van der Waals surface area contributed by atoms with Gasteiger partial charge in [-0.25, -0.2) is 0 Å². The Labute approximate surface area is 121 Å². The maximum absolute atomic E-state index is 12.6. The van der Waals surface area contributed by atoms with Crippen LogP contribution in [0, 0.1) is 17.8 Å². The topological polar surface area (TPSA) is 58.4 Å². The Morgan fingerprint density at radius 2 is 1.90 bits per heavy atom. The first-order chi connectivity index (χ1) is 9.63. The van der Waals surface area contributed by atoms with Crippen LogP contribution in [0.25, 0.3) is 0 Å². The van der Waals surface area contributed by atoms with E-state index in [0.29, 0.717) is 23.9 Å². The molecule has 3 saturated carbocycles. The molecule has 20 heavy (non-hydrogen) atoms. The van der Waals surface area contributed by atoms with Crippen LogP contribution in [0.2, 0.25) is 0 Å². The van der Waals surface area contributed by atoms with Gasteiger partial charge in [0.15, 0.2) is 0 Å². The summed E-state index contributed by atoms with van der Waals surface area (Å²) >= 11 is 0. The van der Waals surface area contributed by atoms with Gasteiger partial charge >= 0.3 is 0 Å². The molecule has 0 aromatic rings. The number of nitrogens with zero attached hydrogens (tertiary/aromatic N) is 1. The third-order valence-corrected chi connectivity index (χ3v) is 6.27. The SMILES string of the molecule is CC1CC(NC(=O)C2C3CCC(C3)C2N)CN1C1CC1. The van der Waals surface area contributed by atoms with Crippen LogP contribution in [0.4, 0.5) is 0 Å². The maximum atomic E-state index is 12.6. The Balaban J connectivity index is 1.36. The molecule has 4 aliphatic rings. The van der Waals surface area contributed by atoms with Gasteiger partial charge in [0, 0.05) is 30.7 Å². The van der Waals surface area contributed by atoms with Crippen LogP contribution in [0.1, 0.15) is 45.4 Å². The number of nitrogens with one attached hydrogen (secondary N) is 1. The number of nitrogens with two attached hydrogens (primary N) is 1. The van der Waals surface area contributed by atoms with E-state index in [9.17, 15) is 4.79 Å². The fourth-order valence-corrected chi connectivity index (χ4v) is 5.10. The van der Waals surface area contributed by atoms with Crippen molar-refractivity contribution in [3.63, 3.8) is 0 Å². The molecule has 3 aliphatic carbocycles. The second kappa shape index (κ2) is 4.70. The summed E-state index contributed by atoms with van der Waals surface area (Å²) in [6.07, 6.45) is 7.45. The Morgan fingerprint density at radius 1 is 1.15 bits per heavy atom. The second-order valence-electron chi connectivity index (χ2n) is 7.65. The summed E-state index contributed by atoms with van der Waals surface area (Å²) in [4.78, 5) is 15.2. The summed E-state index contributed by atoms with van der Waals surface area (Å²) in [5, 5.41) is 3.32. The summed E-state index contributed by atoms with van der Waals surface area (Å²) in [5.74, 6) is 1.52. The first-order valence-electron chi connectivity index (χ1n) is 8.45. The number of likely N-dealkylation sites (tertiary alicyclic amines) is 1. The number of carbonyl (C=O) groups is 1. The lowest BCUT2D eigenvalue weighted by atomic mass is 9.84. The van der Waals surface area contributed by atoms with E-state index in [-0.39, 0.29) is 17.9 Å². The molecule has 2 bridgehead atoms. The highest BCUT2D eigenvalue weighted by atomic mass is 16.2. The van der Waals surface area contributed by atoms with Gasteiger partial charge in [0.2, 0.25) is 5.91 Å². The van der Waals surface area contributed by atoms with E-state index >= 15 is 0 Å². The Bertz CT molecular complexity index is 407.